The molecule has 2 amide bonds. The molecule has 0 saturated carbocycles. The number of carboxylic acids is 1. The molecule has 0 saturated heterocycles. The number of fused-ring (bicyclic) bond motifs is 1. The molecule has 8 heteroatoms. The van der Waals surface area contributed by atoms with Crippen molar-refractivity contribution < 1.29 is 28.3 Å². The van der Waals surface area contributed by atoms with E-state index in [1.165, 1.54) is 35.2 Å². The number of aliphatic carboxylic acids is 1. The Morgan fingerprint density at radius 2 is 1.43 bits per heavy atom. The van der Waals surface area contributed by atoms with Crippen LogP contribution in [0.5, 0.6) is 0 Å². The Balaban J connectivity index is 1.39. The van der Waals surface area contributed by atoms with E-state index in [1.807, 2.05) is 42.5 Å². The number of amides is 2. The summed E-state index contributed by atoms with van der Waals surface area (Å²) in [6, 6.07) is 29.0. The van der Waals surface area contributed by atoms with E-state index in [0.29, 0.717) is 17.3 Å². The third kappa shape index (κ3) is 5.37. The zero-order valence-electron chi connectivity index (χ0n) is 21.2. The number of alkyl halides is 2. The van der Waals surface area contributed by atoms with Gasteiger partial charge < -0.3 is 15.3 Å². The second-order valence-corrected chi connectivity index (χ2v) is 9.27. The van der Waals surface area contributed by atoms with Gasteiger partial charge in [0.25, 0.3) is 17.7 Å². The first-order valence-corrected chi connectivity index (χ1v) is 12.5. The van der Waals surface area contributed by atoms with Crippen molar-refractivity contribution in [2.24, 2.45) is 0 Å². The molecule has 4 aromatic rings. The van der Waals surface area contributed by atoms with Gasteiger partial charge in [-0.25, -0.2) is 13.6 Å². The average Bonchev–Trinajstić information content (AvgIpc) is 3.07. The van der Waals surface area contributed by atoms with Gasteiger partial charge in [0.2, 0.25) is 0 Å². The lowest BCUT2D eigenvalue weighted by molar-refractivity contribution is -0.131. The van der Waals surface area contributed by atoms with Crippen molar-refractivity contribution in [2.75, 3.05) is 16.8 Å². The van der Waals surface area contributed by atoms with E-state index in [-0.39, 0.29) is 29.3 Å². The summed E-state index contributed by atoms with van der Waals surface area (Å²) >= 11 is 0. The van der Waals surface area contributed by atoms with Gasteiger partial charge in [0, 0.05) is 47.0 Å². The van der Waals surface area contributed by atoms with Gasteiger partial charge in [0.05, 0.1) is 5.69 Å². The second-order valence-electron chi connectivity index (χ2n) is 9.27. The van der Waals surface area contributed by atoms with Crippen LogP contribution in [-0.4, -0.2) is 35.4 Å². The van der Waals surface area contributed by atoms with Gasteiger partial charge in [0.15, 0.2) is 0 Å². The van der Waals surface area contributed by atoms with Gasteiger partial charge in [-0.3, -0.25) is 9.59 Å². The SMILES string of the molecule is O=C(O)/C=C1/c2ccccc2N(C(=O)c2ccc(NC(=O)c3ccccc3-c3ccccc3)cc2)CCC1(F)F. The molecular formula is C32H24F2N2O4. The van der Waals surface area contributed by atoms with Crippen LogP contribution in [0, 0.1) is 0 Å². The van der Waals surface area contributed by atoms with E-state index in [0.717, 1.165) is 11.1 Å². The lowest BCUT2D eigenvalue weighted by Crippen LogP contribution is -2.33. The minimum absolute atomic E-state index is 0.0123. The third-order valence-corrected chi connectivity index (χ3v) is 6.69. The number of hydrogen-bond acceptors (Lipinski definition) is 3. The quantitative estimate of drug-likeness (QED) is 0.275. The molecule has 200 valence electrons. The Morgan fingerprint density at radius 3 is 2.12 bits per heavy atom. The number of hydrogen-bond donors (Lipinski definition) is 2. The number of para-hydroxylation sites is 1. The number of anilines is 2. The normalized spacial score (nSPS) is 15.2. The van der Waals surface area contributed by atoms with Gasteiger partial charge in [-0.2, -0.15) is 0 Å². The largest absolute Gasteiger partial charge is 0.478 e. The summed E-state index contributed by atoms with van der Waals surface area (Å²) in [5.74, 6) is -5.77. The first-order valence-electron chi connectivity index (χ1n) is 12.5. The Bertz CT molecular complexity index is 1620. The van der Waals surface area contributed by atoms with Crippen LogP contribution in [0.4, 0.5) is 20.2 Å². The van der Waals surface area contributed by atoms with Gasteiger partial charge in [-0.1, -0.05) is 66.7 Å². The Hall–Kier alpha value is -5.11. The number of rotatable bonds is 5. The molecular weight excluding hydrogens is 514 g/mol. The van der Waals surface area contributed by atoms with E-state index in [1.54, 1.807) is 30.3 Å². The summed E-state index contributed by atoms with van der Waals surface area (Å²) < 4.78 is 29.9. The Morgan fingerprint density at radius 1 is 0.800 bits per heavy atom. The van der Waals surface area contributed by atoms with E-state index >= 15 is 0 Å². The highest BCUT2D eigenvalue weighted by molar-refractivity contribution is 6.10. The molecule has 1 heterocycles. The highest BCUT2D eigenvalue weighted by Crippen LogP contribution is 2.43. The zero-order chi connectivity index (χ0) is 28.3. The number of halogens is 2. The molecule has 0 fully saturated rings. The van der Waals surface area contributed by atoms with Crippen molar-refractivity contribution >= 4 is 34.7 Å². The predicted molar refractivity (Wildman–Crippen MR) is 150 cm³/mol. The van der Waals surface area contributed by atoms with Crippen LogP contribution in [0.1, 0.15) is 32.7 Å². The molecule has 0 aliphatic carbocycles. The molecule has 6 nitrogen and oxygen atoms in total. The maximum absolute atomic E-state index is 14.9. The standard InChI is InChI=1S/C32H24F2N2O4/c33-32(34)18-19-36(28-13-7-6-12-26(28)27(32)20-29(37)38)31(40)22-14-16-23(17-15-22)35-30(39)25-11-5-4-10-24(25)21-8-2-1-3-9-21/h1-17,20H,18-19H2,(H,35,39)(H,37,38)/b27-20-. The van der Waals surface area contributed by atoms with Crippen molar-refractivity contribution in [3.8, 4) is 11.1 Å². The fourth-order valence-corrected chi connectivity index (χ4v) is 4.76. The fraction of sp³-hybridized carbons (Fsp3) is 0.0938. The highest BCUT2D eigenvalue weighted by Gasteiger charge is 2.41. The molecule has 0 spiro atoms. The minimum atomic E-state index is -3.44. The summed E-state index contributed by atoms with van der Waals surface area (Å²) in [7, 11) is 0. The molecule has 0 radical (unpaired) electrons. The molecule has 0 aromatic heterocycles. The van der Waals surface area contributed by atoms with Gasteiger partial charge in [0.1, 0.15) is 0 Å². The van der Waals surface area contributed by atoms with Gasteiger partial charge >= 0.3 is 5.97 Å². The van der Waals surface area contributed by atoms with Crippen molar-refractivity contribution in [3.05, 3.63) is 126 Å². The number of nitrogens with one attached hydrogen (secondary N) is 1. The van der Waals surface area contributed by atoms with E-state index in [9.17, 15) is 28.3 Å². The van der Waals surface area contributed by atoms with Crippen LogP contribution in [-0.2, 0) is 4.79 Å². The molecule has 0 unspecified atom stereocenters. The fourth-order valence-electron chi connectivity index (χ4n) is 4.76. The first-order chi connectivity index (χ1) is 19.2. The molecule has 2 N–H and O–H groups in total. The van der Waals surface area contributed by atoms with Crippen molar-refractivity contribution in [2.45, 2.75) is 12.3 Å². The smallest absolute Gasteiger partial charge is 0.328 e. The summed E-state index contributed by atoms with van der Waals surface area (Å²) in [6.07, 6.45) is -0.234. The maximum Gasteiger partial charge on any atom is 0.328 e. The molecule has 1 aliphatic rings. The monoisotopic (exact) mass is 538 g/mol. The van der Waals surface area contributed by atoms with Crippen LogP contribution < -0.4 is 10.2 Å². The summed E-state index contributed by atoms with van der Waals surface area (Å²) in [5.41, 5.74) is 2.40. The number of allylic oxidation sites excluding steroid dienone is 1. The van der Waals surface area contributed by atoms with Crippen LogP contribution >= 0.6 is 0 Å². The number of carbonyl (C=O) groups excluding carboxylic acids is 2. The predicted octanol–water partition coefficient (Wildman–Crippen LogP) is 6.76. The van der Waals surface area contributed by atoms with Crippen molar-refractivity contribution in [3.63, 3.8) is 0 Å². The van der Waals surface area contributed by atoms with Crippen molar-refractivity contribution in [1.82, 2.24) is 0 Å². The molecule has 4 aromatic carbocycles. The number of carbonyl (C=O) groups is 3. The number of benzene rings is 4. The van der Waals surface area contributed by atoms with Crippen molar-refractivity contribution in [1.29, 1.82) is 0 Å². The van der Waals surface area contributed by atoms with Crippen LogP contribution in [0.3, 0.4) is 0 Å². The number of nitrogens with zero attached hydrogens (tertiary/aromatic N) is 1. The topological polar surface area (TPSA) is 86.7 Å². The second kappa shape index (κ2) is 10.9. The Kier molecular flexibility index (Phi) is 7.25. The van der Waals surface area contributed by atoms with Crippen LogP contribution in [0.15, 0.2) is 109 Å². The maximum atomic E-state index is 14.9. The lowest BCUT2D eigenvalue weighted by atomic mass is 9.97. The molecule has 5 rings (SSSR count). The van der Waals surface area contributed by atoms with Crippen LogP contribution in [0.2, 0.25) is 0 Å². The van der Waals surface area contributed by atoms with Gasteiger partial charge in [-0.05, 0) is 47.5 Å². The highest BCUT2D eigenvalue weighted by atomic mass is 19.3. The zero-order valence-corrected chi connectivity index (χ0v) is 21.2. The summed E-state index contributed by atoms with van der Waals surface area (Å²) in [5, 5.41) is 12.0. The lowest BCUT2D eigenvalue weighted by Gasteiger charge is -2.23. The average molecular weight is 539 g/mol. The summed E-state index contributed by atoms with van der Waals surface area (Å²) in [6.45, 7) is -0.311. The van der Waals surface area contributed by atoms with Crippen LogP contribution in [0.25, 0.3) is 16.7 Å². The van der Waals surface area contributed by atoms with E-state index in [4.69, 9.17) is 0 Å². The van der Waals surface area contributed by atoms with Gasteiger partial charge in [-0.15, -0.1) is 0 Å². The first kappa shape index (κ1) is 26.5. The molecule has 1 aliphatic heterocycles. The third-order valence-electron chi connectivity index (χ3n) is 6.69. The minimum Gasteiger partial charge on any atom is -0.478 e. The van der Waals surface area contributed by atoms with E-state index in [2.05, 4.69) is 5.32 Å². The molecule has 0 bridgehead atoms. The number of carboxylic acid groups (broad SMARTS) is 1. The molecule has 0 atom stereocenters. The van der Waals surface area contributed by atoms with E-state index < -0.39 is 29.8 Å². The molecule has 40 heavy (non-hydrogen) atoms. The summed E-state index contributed by atoms with van der Waals surface area (Å²) in [4.78, 5) is 39.1. The Labute approximate surface area is 229 Å².